The van der Waals surface area contributed by atoms with Crippen LogP contribution >= 0.6 is 0 Å². The monoisotopic (exact) mass is 232 g/mol. The summed E-state index contributed by atoms with van der Waals surface area (Å²) in [6.07, 6.45) is 1.59. The molecular weight excluding hydrogens is 216 g/mol. The molecule has 0 radical (unpaired) electrons. The van der Waals surface area contributed by atoms with Gasteiger partial charge in [-0.3, -0.25) is 9.69 Å². The normalized spacial score (nSPS) is 19.6. The molecule has 1 saturated heterocycles. The van der Waals surface area contributed by atoms with Gasteiger partial charge >= 0.3 is 6.03 Å². The van der Waals surface area contributed by atoms with Crippen molar-refractivity contribution in [1.29, 1.82) is 0 Å². The number of carbonyl (C=O) groups is 2. The smallest absolute Gasteiger partial charge is 0.325 e. The number of hydrogen-bond donors (Lipinski definition) is 1. The Bertz CT molecular complexity index is 417. The first-order valence-electron chi connectivity index (χ1n) is 5.88. The van der Waals surface area contributed by atoms with Crippen LogP contribution in [0, 0.1) is 0 Å². The Morgan fingerprint density at radius 2 is 1.94 bits per heavy atom. The molecule has 0 aromatic heterocycles. The second kappa shape index (κ2) is 4.99. The SMILES string of the molecule is CCC[C@@H]1NC(=O)N(Cc2ccccc2)C1=O. The summed E-state index contributed by atoms with van der Waals surface area (Å²) < 4.78 is 0. The van der Waals surface area contributed by atoms with E-state index in [0.29, 0.717) is 13.0 Å². The average Bonchev–Trinajstić information content (AvgIpc) is 2.59. The molecule has 1 aromatic carbocycles. The van der Waals surface area contributed by atoms with Crippen LogP contribution < -0.4 is 5.32 Å². The fraction of sp³-hybridized carbons (Fsp3) is 0.385. The predicted octanol–water partition coefficient (Wildman–Crippen LogP) is 1.91. The Morgan fingerprint density at radius 1 is 1.24 bits per heavy atom. The summed E-state index contributed by atoms with van der Waals surface area (Å²) in [6, 6.07) is 8.92. The van der Waals surface area contributed by atoms with Gasteiger partial charge in [-0.1, -0.05) is 43.7 Å². The van der Waals surface area contributed by atoms with Gasteiger partial charge in [0.15, 0.2) is 0 Å². The van der Waals surface area contributed by atoms with Crippen molar-refractivity contribution in [3.05, 3.63) is 35.9 Å². The van der Waals surface area contributed by atoms with Gasteiger partial charge in [0.05, 0.1) is 6.54 Å². The van der Waals surface area contributed by atoms with E-state index in [1.165, 1.54) is 4.90 Å². The van der Waals surface area contributed by atoms with Crippen LogP contribution in [-0.2, 0) is 11.3 Å². The van der Waals surface area contributed by atoms with Gasteiger partial charge in [-0.2, -0.15) is 0 Å². The van der Waals surface area contributed by atoms with E-state index in [1.54, 1.807) is 0 Å². The first-order chi connectivity index (χ1) is 8.22. The predicted molar refractivity (Wildman–Crippen MR) is 64.2 cm³/mol. The van der Waals surface area contributed by atoms with E-state index in [-0.39, 0.29) is 18.0 Å². The zero-order valence-electron chi connectivity index (χ0n) is 9.85. The molecular formula is C13H16N2O2. The average molecular weight is 232 g/mol. The summed E-state index contributed by atoms with van der Waals surface area (Å²) in [7, 11) is 0. The van der Waals surface area contributed by atoms with Gasteiger partial charge < -0.3 is 5.32 Å². The lowest BCUT2D eigenvalue weighted by atomic mass is 10.1. The number of amides is 3. The Labute approximate surface area is 101 Å². The summed E-state index contributed by atoms with van der Waals surface area (Å²) in [5.74, 6) is -0.110. The van der Waals surface area contributed by atoms with E-state index in [9.17, 15) is 9.59 Å². The molecule has 0 spiro atoms. The molecule has 1 aromatic rings. The number of urea groups is 1. The van der Waals surface area contributed by atoms with Crippen molar-refractivity contribution < 1.29 is 9.59 Å². The number of hydrogen-bond acceptors (Lipinski definition) is 2. The van der Waals surface area contributed by atoms with Crippen LogP contribution in [0.3, 0.4) is 0 Å². The van der Waals surface area contributed by atoms with Crippen LogP contribution in [0.5, 0.6) is 0 Å². The molecule has 2 rings (SSSR count). The van der Waals surface area contributed by atoms with Crippen molar-refractivity contribution in [2.45, 2.75) is 32.4 Å². The standard InChI is InChI=1S/C13H16N2O2/c1-2-6-11-12(16)15(13(17)14-11)9-10-7-4-3-5-8-10/h3-5,7-8,11H,2,6,9H2,1H3,(H,14,17)/t11-/m0/s1. The highest BCUT2D eigenvalue weighted by molar-refractivity contribution is 6.04. The fourth-order valence-electron chi connectivity index (χ4n) is 1.98. The molecule has 0 saturated carbocycles. The maximum Gasteiger partial charge on any atom is 0.325 e. The van der Waals surface area contributed by atoms with Gasteiger partial charge in [-0.05, 0) is 12.0 Å². The molecule has 3 amide bonds. The first-order valence-corrected chi connectivity index (χ1v) is 5.88. The maximum atomic E-state index is 12.0. The minimum absolute atomic E-state index is 0.110. The highest BCUT2D eigenvalue weighted by Crippen LogP contribution is 2.14. The number of imide groups is 1. The minimum Gasteiger partial charge on any atom is -0.326 e. The van der Waals surface area contributed by atoms with Crippen LogP contribution in [0.1, 0.15) is 25.3 Å². The first kappa shape index (κ1) is 11.6. The van der Waals surface area contributed by atoms with Crippen LogP contribution in [0.2, 0.25) is 0 Å². The van der Waals surface area contributed by atoms with E-state index in [1.807, 2.05) is 37.3 Å². The van der Waals surface area contributed by atoms with Gasteiger partial charge in [0.25, 0.3) is 5.91 Å². The van der Waals surface area contributed by atoms with Crippen molar-refractivity contribution in [3.8, 4) is 0 Å². The van der Waals surface area contributed by atoms with E-state index >= 15 is 0 Å². The molecule has 1 aliphatic heterocycles. The van der Waals surface area contributed by atoms with Crippen LogP contribution in [0.25, 0.3) is 0 Å². The second-order valence-corrected chi connectivity index (χ2v) is 4.20. The number of benzene rings is 1. The zero-order valence-corrected chi connectivity index (χ0v) is 9.85. The minimum atomic E-state index is -0.337. The molecule has 1 atom stereocenters. The Morgan fingerprint density at radius 3 is 2.59 bits per heavy atom. The van der Waals surface area contributed by atoms with Crippen LogP contribution in [0.15, 0.2) is 30.3 Å². The lowest BCUT2D eigenvalue weighted by Crippen LogP contribution is -2.30. The van der Waals surface area contributed by atoms with Crippen molar-refractivity contribution >= 4 is 11.9 Å². The lowest BCUT2D eigenvalue weighted by Gasteiger charge is -2.12. The molecule has 17 heavy (non-hydrogen) atoms. The highest BCUT2D eigenvalue weighted by atomic mass is 16.2. The molecule has 1 fully saturated rings. The molecule has 90 valence electrons. The zero-order chi connectivity index (χ0) is 12.3. The van der Waals surface area contributed by atoms with Crippen molar-refractivity contribution in [3.63, 3.8) is 0 Å². The van der Waals surface area contributed by atoms with Gasteiger partial charge in [-0.15, -0.1) is 0 Å². The highest BCUT2D eigenvalue weighted by Gasteiger charge is 2.36. The maximum absolute atomic E-state index is 12.0. The number of nitrogens with one attached hydrogen (secondary N) is 1. The van der Waals surface area contributed by atoms with Crippen molar-refractivity contribution in [2.24, 2.45) is 0 Å². The third kappa shape index (κ3) is 2.46. The van der Waals surface area contributed by atoms with Gasteiger partial charge in [0.1, 0.15) is 6.04 Å². The summed E-state index contributed by atoms with van der Waals surface area (Å²) in [5.41, 5.74) is 0.966. The van der Waals surface area contributed by atoms with Gasteiger partial charge in [-0.25, -0.2) is 4.79 Å². The van der Waals surface area contributed by atoms with Crippen LogP contribution in [-0.4, -0.2) is 22.9 Å². The molecule has 0 aliphatic carbocycles. The Kier molecular flexibility index (Phi) is 3.42. The van der Waals surface area contributed by atoms with Gasteiger partial charge in [0, 0.05) is 0 Å². The summed E-state index contributed by atoms with van der Waals surface area (Å²) in [6.45, 7) is 2.35. The summed E-state index contributed by atoms with van der Waals surface area (Å²) in [4.78, 5) is 24.9. The molecule has 1 N–H and O–H groups in total. The summed E-state index contributed by atoms with van der Waals surface area (Å²) >= 11 is 0. The lowest BCUT2D eigenvalue weighted by molar-refractivity contribution is -0.128. The van der Waals surface area contributed by atoms with Crippen molar-refractivity contribution in [2.75, 3.05) is 0 Å². The van der Waals surface area contributed by atoms with Crippen molar-refractivity contribution in [1.82, 2.24) is 10.2 Å². The number of nitrogens with zero attached hydrogens (tertiary/aromatic N) is 1. The van der Waals surface area contributed by atoms with E-state index in [2.05, 4.69) is 5.32 Å². The quantitative estimate of drug-likeness (QED) is 0.806. The Balaban J connectivity index is 2.07. The third-order valence-corrected chi connectivity index (χ3v) is 2.87. The third-order valence-electron chi connectivity index (χ3n) is 2.87. The molecule has 0 bridgehead atoms. The second-order valence-electron chi connectivity index (χ2n) is 4.20. The van der Waals surface area contributed by atoms with E-state index in [4.69, 9.17) is 0 Å². The largest absolute Gasteiger partial charge is 0.326 e. The molecule has 0 unspecified atom stereocenters. The topological polar surface area (TPSA) is 49.4 Å². The van der Waals surface area contributed by atoms with Gasteiger partial charge in [0.2, 0.25) is 0 Å². The van der Waals surface area contributed by atoms with E-state index < -0.39 is 0 Å². The molecule has 4 nitrogen and oxygen atoms in total. The number of carbonyl (C=O) groups excluding carboxylic acids is 2. The summed E-state index contributed by atoms with van der Waals surface area (Å²) in [5, 5.41) is 2.71. The molecule has 4 heteroatoms. The number of rotatable bonds is 4. The van der Waals surface area contributed by atoms with Crippen LogP contribution in [0.4, 0.5) is 4.79 Å². The Hall–Kier alpha value is -1.84. The molecule has 1 heterocycles. The van der Waals surface area contributed by atoms with E-state index in [0.717, 1.165) is 12.0 Å². The fourth-order valence-corrected chi connectivity index (χ4v) is 1.98. The molecule has 1 aliphatic rings.